The molecule has 2 heterocycles. The van der Waals surface area contributed by atoms with E-state index in [0.29, 0.717) is 22.3 Å². The lowest BCUT2D eigenvalue weighted by Crippen LogP contribution is -2.41. The Bertz CT molecular complexity index is 1230. The summed E-state index contributed by atoms with van der Waals surface area (Å²) >= 11 is 0. The molecule has 0 fully saturated rings. The molecule has 0 aliphatic rings. The lowest BCUT2D eigenvalue weighted by molar-refractivity contribution is -0.116. The Morgan fingerprint density at radius 1 is 1.07 bits per heavy atom. The minimum atomic E-state index is -0.534. The van der Waals surface area contributed by atoms with Gasteiger partial charge < -0.3 is 14.6 Å². The van der Waals surface area contributed by atoms with Gasteiger partial charge in [-0.05, 0) is 51.1 Å². The number of ether oxygens (including phenoxy) is 1. The number of rotatable bonds is 6. The number of anilines is 1. The summed E-state index contributed by atoms with van der Waals surface area (Å²) in [6, 6.07) is 8.00. The molecule has 30 heavy (non-hydrogen) atoms. The highest BCUT2D eigenvalue weighted by Gasteiger charge is 2.18. The van der Waals surface area contributed by atoms with Crippen LogP contribution in [0.3, 0.4) is 0 Å². The van der Waals surface area contributed by atoms with Crippen molar-refractivity contribution >= 4 is 28.6 Å². The van der Waals surface area contributed by atoms with Crippen molar-refractivity contribution in [3.63, 3.8) is 0 Å². The van der Waals surface area contributed by atoms with E-state index >= 15 is 0 Å². The Hall–Kier alpha value is -3.62. The number of aromatic nitrogens is 3. The Morgan fingerprint density at radius 2 is 1.73 bits per heavy atom. The third-order valence-corrected chi connectivity index (χ3v) is 4.95. The zero-order valence-electron chi connectivity index (χ0n) is 17.4. The second-order valence-corrected chi connectivity index (χ2v) is 6.84. The van der Waals surface area contributed by atoms with Crippen molar-refractivity contribution in [3.8, 4) is 0 Å². The average molecular weight is 412 g/mol. The number of carbonyl (C=O) groups excluding carboxylic acids is 2. The molecule has 2 aromatic heterocycles. The van der Waals surface area contributed by atoms with E-state index in [2.05, 4.69) is 5.32 Å². The fraction of sp³-hybridized carbons (Fsp3) is 0.333. The van der Waals surface area contributed by atoms with Crippen molar-refractivity contribution in [1.29, 1.82) is 0 Å². The van der Waals surface area contributed by atoms with Crippen LogP contribution in [0.4, 0.5) is 5.69 Å². The molecule has 9 nitrogen and oxygen atoms in total. The first-order valence-corrected chi connectivity index (χ1v) is 9.65. The molecule has 3 aromatic rings. The van der Waals surface area contributed by atoms with Crippen LogP contribution >= 0.6 is 0 Å². The van der Waals surface area contributed by atoms with Gasteiger partial charge in [-0.3, -0.25) is 18.7 Å². The van der Waals surface area contributed by atoms with Crippen molar-refractivity contribution in [3.05, 3.63) is 62.4 Å². The van der Waals surface area contributed by atoms with E-state index in [1.54, 1.807) is 55.8 Å². The maximum Gasteiger partial charge on any atom is 0.338 e. The van der Waals surface area contributed by atoms with Gasteiger partial charge in [-0.2, -0.15) is 0 Å². The lowest BCUT2D eigenvalue weighted by atomic mass is 10.2. The van der Waals surface area contributed by atoms with Crippen molar-refractivity contribution < 1.29 is 14.3 Å². The largest absolute Gasteiger partial charge is 0.462 e. The Labute approximate surface area is 172 Å². The molecule has 0 saturated carbocycles. The van der Waals surface area contributed by atoms with Crippen LogP contribution in [-0.2, 0) is 29.7 Å². The van der Waals surface area contributed by atoms with Crippen LogP contribution in [0.1, 0.15) is 29.9 Å². The molecule has 0 aliphatic carbocycles. The Balaban J connectivity index is 1.90. The summed E-state index contributed by atoms with van der Waals surface area (Å²) in [6.45, 7) is 5.49. The fourth-order valence-corrected chi connectivity index (χ4v) is 3.31. The van der Waals surface area contributed by atoms with Gasteiger partial charge in [0.1, 0.15) is 12.1 Å². The molecule has 0 unspecified atom stereocenters. The smallest absolute Gasteiger partial charge is 0.338 e. The van der Waals surface area contributed by atoms with Gasteiger partial charge in [0.15, 0.2) is 0 Å². The molecule has 158 valence electrons. The second-order valence-electron chi connectivity index (χ2n) is 6.84. The SMILES string of the molecule is CCOC(=O)c1ccc(NC(=O)Cn2c(=O)n(CC)c(=O)c3c2cc(C)n3C)cc1. The number of nitrogens with one attached hydrogen (secondary N) is 1. The number of carbonyl (C=O) groups is 2. The molecule has 0 saturated heterocycles. The average Bonchev–Trinajstić information content (AvgIpc) is 3.01. The van der Waals surface area contributed by atoms with Crippen molar-refractivity contribution in [2.45, 2.75) is 33.9 Å². The second kappa shape index (κ2) is 8.40. The zero-order chi connectivity index (χ0) is 22.0. The first kappa shape index (κ1) is 21.1. The number of hydrogen-bond acceptors (Lipinski definition) is 5. The highest BCUT2D eigenvalue weighted by molar-refractivity contribution is 5.93. The number of nitrogens with zero attached hydrogens (tertiary/aromatic N) is 3. The number of benzene rings is 1. The number of fused-ring (bicyclic) bond motifs is 1. The van der Waals surface area contributed by atoms with Gasteiger partial charge in [0.05, 0.1) is 17.7 Å². The molecule has 1 aromatic carbocycles. The molecular weight excluding hydrogens is 388 g/mol. The maximum atomic E-state index is 12.8. The van der Waals surface area contributed by atoms with Crippen molar-refractivity contribution in [2.75, 3.05) is 11.9 Å². The number of aryl methyl sites for hydroxylation is 2. The monoisotopic (exact) mass is 412 g/mol. The predicted octanol–water partition coefficient (Wildman–Crippen LogP) is 1.65. The van der Waals surface area contributed by atoms with Crippen LogP contribution in [0.5, 0.6) is 0 Å². The summed E-state index contributed by atoms with van der Waals surface area (Å²) in [6.07, 6.45) is 0. The van der Waals surface area contributed by atoms with E-state index in [0.717, 1.165) is 10.3 Å². The molecule has 3 rings (SSSR count). The molecule has 1 N–H and O–H groups in total. The van der Waals surface area contributed by atoms with Crippen molar-refractivity contribution in [1.82, 2.24) is 13.7 Å². The summed E-state index contributed by atoms with van der Waals surface area (Å²) in [7, 11) is 1.75. The maximum absolute atomic E-state index is 12.8. The molecular formula is C21H24N4O5. The van der Waals surface area contributed by atoms with Gasteiger partial charge >= 0.3 is 11.7 Å². The Morgan fingerprint density at radius 3 is 2.33 bits per heavy atom. The van der Waals surface area contributed by atoms with E-state index in [9.17, 15) is 19.2 Å². The van der Waals surface area contributed by atoms with E-state index < -0.39 is 17.6 Å². The van der Waals surface area contributed by atoms with Crippen LogP contribution in [0.2, 0.25) is 0 Å². The minimum Gasteiger partial charge on any atom is -0.462 e. The third kappa shape index (κ3) is 3.78. The van der Waals surface area contributed by atoms with Gasteiger partial charge in [-0.1, -0.05) is 0 Å². The fourth-order valence-electron chi connectivity index (χ4n) is 3.31. The van der Waals surface area contributed by atoms with Crippen LogP contribution in [0.25, 0.3) is 11.0 Å². The van der Waals surface area contributed by atoms with Gasteiger partial charge in [0.25, 0.3) is 5.56 Å². The van der Waals surface area contributed by atoms with Crippen LogP contribution in [-0.4, -0.2) is 32.2 Å². The molecule has 0 spiro atoms. The van der Waals surface area contributed by atoms with Crippen LogP contribution < -0.4 is 16.6 Å². The predicted molar refractivity (Wildman–Crippen MR) is 113 cm³/mol. The quantitative estimate of drug-likeness (QED) is 0.620. The van der Waals surface area contributed by atoms with Crippen LogP contribution in [0.15, 0.2) is 39.9 Å². The van der Waals surface area contributed by atoms with Crippen LogP contribution in [0, 0.1) is 6.92 Å². The van der Waals surface area contributed by atoms with Gasteiger partial charge in [0, 0.05) is 25.0 Å². The van der Waals surface area contributed by atoms with Gasteiger partial charge in [0.2, 0.25) is 5.91 Å². The zero-order valence-corrected chi connectivity index (χ0v) is 17.4. The van der Waals surface area contributed by atoms with E-state index in [4.69, 9.17) is 4.74 Å². The minimum absolute atomic E-state index is 0.203. The van der Waals surface area contributed by atoms with Gasteiger partial charge in [-0.15, -0.1) is 0 Å². The summed E-state index contributed by atoms with van der Waals surface area (Å²) in [5.74, 6) is -0.865. The molecule has 9 heteroatoms. The molecule has 0 atom stereocenters. The number of esters is 1. The van der Waals surface area contributed by atoms with Gasteiger partial charge in [-0.25, -0.2) is 9.59 Å². The standard InChI is InChI=1S/C21H24N4O5/c1-5-24-19(27)18-16(11-13(3)23(18)4)25(21(24)29)12-17(26)22-15-9-7-14(8-10-15)20(28)30-6-2/h7-11H,5-6,12H2,1-4H3,(H,22,26). The van der Waals surface area contributed by atoms with E-state index in [1.165, 1.54) is 4.57 Å². The van der Waals surface area contributed by atoms with E-state index in [1.807, 2.05) is 6.92 Å². The summed E-state index contributed by atoms with van der Waals surface area (Å²) in [4.78, 5) is 49.8. The highest BCUT2D eigenvalue weighted by atomic mass is 16.5. The normalized spacial score (nSPS) is 10.9. The number of amides is 1. The number of hydrogen-bond donors (Lipinski definition) is 1. The molecule has 1 amide bonds. The van der Waals surface area contributed by atoms with Crippen molar-refractivity contribution in [2.24, 2.45) is 7.05 Å². The summed E-state index contributed by atoms with van der Waals surface area (Å²) < 4.78 is 9.06. The summed E-state index contributed by atoms with van der Waals surface area (Å²) in [5.41, 5.74) is 1.54. The molecule has 0 aliphatic heterocycles. The first-order chi connectivity index (χ1) is 14.3. The Kier molecular flexibility index (Phi) is 5.91. The van der Waals surface area contributed by atoms with E-state index in [-0.39, 0.29) is 25.3 Å². The summed E-state index contributed by atoms with van der Waals surface area (Å²) in [5, 5.41) is 2.71. The topological polar surface area (TPSA) is 104 Å². The lowest BCUT2D eigenvalue weighted by Gasteiger charge is -2.12. The molecule has 0 radical (unpaired) electrons. The highest BCUT2D eigenvalue weighted by Crippen LogP contribution is 2.14. The molecule has 0 bridgehead atoms. The first-order valence-electron chi connectivity index (χ1n) is 9.65. The third-order valence-electron chi connectivity index (χ3n) is 4.95.